The molecule has 90 valence electrons. The molecule has 0 aromatic carbocycles. The van der Waals surface area contributed by atoms with Crippen LogP contribution in [0.4, 0.5) is 0 Å². The molecule has 1 nitrogen and oxygen atoms in total. The zero-order valence-electron chi connectivity index (χ0n) is 11.2. The Kier molecular flexibility index (Phi) is 5.11. The van der Waals surface area contributed by atoms with Crippen LogP contribution >= 0.6 is 0 Å². The quantitative estimate of drug-likeness (QED) is 0.640. The van der Waals surface area contributed by atoms with Crippen LogP contribution in [0.5, 0.6) is 0 Å². The largest absolute Gasteiger partial charge is 0.303 e. The fourth-order valence-electron chi connectivity index (χ4n) is 3.40. The minimum atomic E-state index is 0.579. The molecule has 1 heterocycles. The van der Waals surface area contributed by atoms with Crippen molar-refractivity contribution >= 4 is 0 Å². The smallest absolute Gasteiger partial charge is 0.0146 e. The van der Waals surface area contributed by atoms with Crippen LogP contribution in [0, 0.1) is 5.41 Å². The Balaban J connectivity index is 2.61. The van der Waals surface area contributed by atoms with E-state index >= 15 is 0 Å². The molecule has 2 unspecified atom stereocenters. The molecule has 0 radical (unpaired) electrons. The first-order valence-electron chi connectivity index (χ1n) is 6.84. The summed E-state index contributed by atoms with van der Waals surface area (Å²) in [5.74, 6) is 0. The second-order valence-corrected chi connectivity index (χ2v) is 5.65. The Bertz CT molecular complexity index is 178. The van der Waals surface area contributed by atoms with E-state index in [1.54, 1.807) is 0 Å². The molecule has 1 fully saturated rings. The van der Waals surface area contributed by atoms with Gasteiger partial charge in [0.05, 0.1) is 0 Å². The van der Waals surface area contributed by atoms with Crippen molar-refractivity contribution in [2.75, 3.05) is 13.6 Å². The fraction of sp³-hybridized carbons (Fsp3) is 1.00. The summed E-state index contributed by atoms with van der Waals surface area (Å²) >= 11 is 0. The second-order valence-electron chi connectivity index (χ2n) is 5.65. The molecule has 15 heavy (non-hydrogen) atoms. The Morgan fingerprint density at radius 3 is 2.40 bits per heavy atom. The first-order chi connectivity index (χ1) is 7.14. The van der Waals surface area contributed by atoms with Crippen LogP contribution in [0.15, 0.2) is 0 Å². The Hall–Kier alpha value is -0.0400. The van der Waals surface area contributed by atoms with Crippen molar-refractivity contribution in [3.8, 4) is 0 Å². The van der Waals surface area contributed by atoms with E-state index in [1.807, 2.05) is 0 Å². The monoisotopic (exact) mass is 211 g/mol. The molecule has 0 amide bonds. The summed E-state index contributed by atoms with van der Waals surface area (Å²) in [6, 6.07) is 0.851. The maximum atomic E-state index is 2.60. The standard InChI is InChI=1S/C14H29N/c1-5-7-11-14(3,10-6-2)13-9-8-12-15(13)4/h13H,5-12H2,1-4H3. The third kappa shape index (κ3) is 3.21. The van der Waals surface area contributed by atoms with E-state index in [9.17, 15) is 0 Å². The predicted molar refractivity (Wildman–Crippen MR) is 68.2 cm³/mol. The number of unbranched alkanes of at least 4 members (excludes halogenated alkanes) is 1. The summed E-state index contributed by atoms with van der Waals surface area (Å²) in [6.45, 7) is 8.48. The summed E-state index contributed by atoms with van der Waals surface area (Å²) in [5, 5.41) is 0. The first kappa shape index (κ1) is 13.0. The van der Waals surface area contributed by atoms with Crippen molar-refractivity contribution in [1.29, 1.82) is 0 Å². The molecule has 1 aliphatic heterocycles. The zero-order valence-corrected chi connectivity index (χ0v) is 11.2. The highest BCUT2D eigenvalue weighted by Gasteiger charge is 2.37. The third-order valence-electron chi connectivity index (χ3n) is 4.25. The lowest BCUT2D eigenvalue weighted by atomic mass is 9.73. The van der Waals surface area contributed by atoms with E-state index in [-0.39, 0.29) is 0 Å². The second kappa shape index (κ2) is 5.89. The molecule has 2 atom stereocenters. The molecule has 1 rings (SSSR count). The van der Waals surface area contributed by atoms with Crippen LogP contribution in [0.2, 0.25) is 0 Å². The Labute approximate surface area is 96.2 Å². The molecule has 0 saturated carbocycles. The highest BCUT2D eigenvalue weighted by molar-refractivity contribution is 4.91. The summed E-state index contributed by atoms with van der Waals surface area (Å²) < 4.78 is 0. The average Bonchev–Trinajstić information content (AvgIpc) is 2.62. The van der Waals surface area contributed by atoms with E-state index in [1.165, 1.54) is 51.5 Å². The van der Waals surface area contributed by atoms with Gasteiger partial charge in [-0.2, -0.15) is 0 Å². The highest BCUT2D eigenvalue weighted by atomic mass is 15.2. The van der Waals surface area contributed by atoms with Gasteiger partial charge in [-0.1, -0.05) is 40.0 Å². The van der Waals surface area contributed by atoms with Crippen LogP contribution in [0.3, 0.4) is 0 Å². The van der Waals surface area contributed by atoms with Gasteiger partial charge in [-0.15, -0.1) is 0 Å². The van der Waals surface area contributed by atoms with Crippen molar-refractivity contribution in [3.63, 3.8) is 0 Å². The predicted octanol–water partition coefficient (Wildman–Crippen LogP) is 4.08. The molecule has 1 aliphatic rings. The molecular weight excluding hydrogens is 182 g/mol. The van der Waals surface area contributed by atoms with Crippen LogP contribution in [-0.4, -0.2) is 24.5 Å². The molecule has 0 N–H and O–H groups in total. The van der Waals surface area contributed by atoms with Gasteiger partial charge in [0.15, 0.2) is 0 Å². The van der Waals surface area contributed by atoms with Crippen molar-refractivity contribution in [1.82, 2.24) is 4.90 Å². The minimum Gasteiger partial charge on any atom is -0.303 e. The molecular formula is C14H29N. The topological polar surface area (TPSA) is 3.24 Å². The van der Waals surface area contributed by atoms with E-state index in [0.29, 0.717) is 5.41 Å². The average molecular weight is 211 g/mol. The fourth-order valence-corrected chi connectivity index (χ4v) is 3.40. The lowest BCUT2D eigenvalue weighted by Crippen LogP contribution is -2.40. The van der Waals surface area contributed by atoms with Crippen LogP contribution in [0.1, 0.15) is 65.7 Å². The van der Waals surface area contributed by atoms with E-state index < -0.39 is 0 Å². The molecule has 0 bridgehead atoms. The van der Waals surface area contributed by atoms with Gasteiger partial charge in [-0.05, 0) is 44.7 Å². The van der Waals surface area contributed by atoms with Crippen molar-refractivity contribution in [3.05, 3.63) is 0 Å². The molecule has 1 saturated heterocycles. The van der Waals surface area contributed by atoms with Gasteiger partial charge >= 0.3 is 0 Å². The minimum absolute atomic E-state index is 0.579. The molecule has 0 aromatic heterocycles. The van der Waals surface area contributed by atoms with Gasteiger partial charge in [-0.3, -0.25) is 0 Å². The molecule has 0 spiro atoms. The van der Waals surface area contributed by atoms with Crippen LogP contribution < -0.4 is 0 Å². The van der Waals surface area contributed by atoms with Crippen molar-refractivity contribution < 1.29 is 0 Å². The summed E-state index contributed by atoms with van der Waals surface area (Å²) in [7, 11) is 2.32. The maximum Gasteiger partial charge on any atom is 0.0146 e. The van der Waals surface area contributed by atoms with Gasteiger partial charge < -0.3 is 4.90 Å². The number of likely N-dealkylation sites (tertiary alicyclic amines) is 1. The zero-order chi connectivity index (χ0) is 11.3. The maximum absolute atomic E-state index is 2.60. The Morgan fingerprint density at radius 1 is 1.20 bits per heavy atom. The molecule has 1 heteroatoms. The van der Waals surface area contributed by atoms with E-state index in [2.05, 4.69) is 32.7 Å². The Morgan fingerprint density at radius 2 is 1.93 bits per heavy atom. The third-order valence-corrected chi connectivity index (χ3v) is 4.25. The molecule has 0 aliphatic carbocycles. The van der Waals surface area contributed by atoms with E-state index in [4.69, 9.17) is 0 Å². The summed E-state index contributed by atoms with van der Waals surface area (Å²) in [5.41, 5.74) is 0.579. The normalized spacial score (nSPS) is 26.8. The van der Waals surface area contributed by atoms with Gasteiger partial charge in [0.25, 0.3) is 0 Å². The summed E-state index contributed by atoms with van der Waals surface area (Å²) in [6.07, 6.45) is 9.75. The van der Waals surface area contributed by atoms with Crippen LogP contribution in [-0.2, 0) is 0 Å². The number of rotatable bonds is 6. The van der Waals surface area contributed by atoms with E-state index in [0.717, 1.165) is 6.04 Å². The van der Waals surface area contributed by atoms with Crippen LogP contribution in [0.25, 0.3) is 0 Å². The lowest BCUT2D eigenvalue weighted by Gasteiger charge is -2.39. The number of nitrogens with zero attached hydrogens (tertiary/aromatic N) is 1. The van der Waals surface area contributed by atoms with Gasteiger partial charge in [-0.25, -0.2) is 0 Å². The van der Waals surface area contributed by atoms with Crippen molar-refractivity contribution in [2.45, 2.75) is 71.8 Å². The highest BCUT2D eigenvalue weighted by Crippen LogP contribution is 2.40. The van der Waals surface area contributed by atoms with Gasteiger partial charge in [0.2, 0.25) is 0 Å². The lowest BCUT2D eigenvalue weighted by molar-refractivity contribution is 0.108. The van der Waals surface area contributed by atoms with Gasteiger partial charge in [0.1, 0.15) is 0 Å². The SMILES string of the molecule is CCCCC(C)(CCC)C1CCCN1C. The first-order valence-corrected chi connectivity index (χ1v) is 6.84. The molecule has 0 aromatic rings. The van der Waals surface area contributed by atoms with Crippen molar-refractivity contribution in [2.24, 2.45) is 5.41 Å². The summed E-state index contributed by atoms with van der Waals surface area (Å²) in [4.78, 5) is 2.60. The number of hydrogen-bond acceptors (Lipinski definition) is 1. The number of hydrogen-bond donors (Lipinski definition) is 0. The van der Waals surface area contributed by atoms with Gasteiger partial charge in [0, 0.05) is 6.04 Å².